The summed E-state index contributed by atoms with van der Waals surface area (Å²) in [5.74, 6) is 0.551. The second kappa shape index (κ2) is 3.70. The Hall–Kier alpha value is -0.500. The predicted octanol–water partition coefficient (Wildman–Crippen LogP) is 3.77. The van der Waals surface area contributed by atoms with Gasteiger partial charge in [0, 0.05) is 10.2 Å². The van der Waals surface area contributed by atoms with Gasteiger partial charge in [-0.25, -0.2) is 0 Å². The zero-order valence-corrected chi connectivity index (χ0v) is 10.2. The lowest BCUT2D eigenvalue weighted by molar-refractivity contribution is 0.853. The molecule has 2 N–H and O–H groups in total. The van der Waals surface area contributed by atoms with E-state index in [-0.39, 0.29) is 0 Å². The summed E-state index contributed by atoms with van der Waals surface area (Å²) in [6, 6.07) is 2.18. The van der Waals surface area contributed by atoms with Crippen LogP contribution in [0.2, 0.25) is 0 Å². The minimum atomic E-state index is 0.551. The van der Waals surface area contributed by atoms with Crippen molar-refractivity contribution in [2.75, 3.05) is 5.73 Å². The molecule has 2 heteroatoms. The summed E-state index contributed by atoms with van der Waals surface area (Å²) in [5.41, 5.74) is 10.6. The summed E-state index contributed by atoms with van der Waals surface area (Å²) in [4.78, 5) is 0. The highest BCUT2D eigenvalue weighted by Gasteiger charge is 2.10. The number of benzene rings is 1. The van der Waals surface area contributed by atoms with Crippen LogP contribution in [0.15, 0.2) is 10.5 Å². The first kappa shape index (κ1) is 10.6. The van der Waals surface area contributed by atoms with E-state index < -0.39 is 0 Å². The Morgan fingerprint density at radius 3 is 2.31 bits per heavy atom. The summed E-state index contributed by atoms with van der Waals surface area (Å²) in [6.07, 6.45) is 0. The Balaban J connectivity index is 3.41. The van der Waals surface area contributed by atoms with Crippen LogP contribution in [0.5, 0.6) is 0 Å². The van der Waals surface area contributed by atoms with E-state index in [0.717, 1.165) is 15.7 Å². The Labute approximate surface area is 88.5 Å². The van der Waals surface area contributed by atoms with Crippen molar-refractivity contribution in [3.8, 4) is 0 Å². The number of halogens is 1. The number of nitrogens with two attached hydrogens (primary N) is 1. The van der Waals surface area contributed by atoms with E-state index in [1.807, 2.05) is 6.92 Å². The number of hydrogen-bond acceptors (Lipinski definition) is 1. The number of nitrogen functional groups attached to an aromatic ring is 1. The topological polar surface area (TPSA) is 26.0 Å². The van der Waals surface area contributed by atoms with Crippen molar-refractivity contribution in [1.82, 2.24) is 0 Å². The molecule has 0 bridgehead atoms. The maximum Gasteiger partial charge on any atom is 0.0491 e. The zero-order valence-electron chi connectivity index (χ0n) is 8.61. The molecular weight excluding hydrogens is 226 g/mol. The van der Waals surface area contributed by atoms with Crippen LogP contribution in [0.25, 0.3) is 0 Å². The fraction of sp³-hybridized carbons (Fsp3) is 0.455. The van der Waals surface area contributed by atoms with E-state index >= 15 is 0 Å². The van der Waals surface area contributed by atoms with Gasteiger partial charge in [-0.1, -0.05) is 19.9 Å². The molecular formula is C11H16BrN. The van der Waals surface area contributed by atoms with Crippen LogP contribution in [0.1, 0.15) is 36.5 Å². The van der Waals surface area contributed by atoms with Crippen molar-refractivity contribution in [3.63, 3.8) is 0 Å². The molecule has 0 aliphatic rings. The van der Waals surface area contributed by atoms with Gasteiger partial charge in [-0.2, -0.15) is 0 Å². The molecule has 0 aliphatic heterocycles. The number of rotatable bonds is 1. The minimum Gasteiger partial charge on any atom is -0.398 e. The summed E-state index contributed by atoms with van der Waals surface area (Å²) in [6.45, 7) is 8.55. The van der Waals surface area contributed by atoms with Gasteiger partial charge in [0.1, 0.15) is 0 Å². The summed E-state index contributed by atoms with van der Waals surface area (Å²) in [7, 11) is 0. The molecule has 0 fully saturated rings. The van der Waals surface area contributed by atoms with E-state index in [4.69, 9.17) is 5.73 Å². The third-order valence-corrected chi connectivity index (χ3v) is 3.44. The van der Waals surface area contributed by atoms with E-state index in [2.05, 4.69) is 42.8 Å². The fourth-order valence-electron chi connectivity index (χ4n) is 1.52. The highest BCUT2D eigenvalue weighted by molar-refractivity contribution is 9.10. The average molecular weight is 242 g/mol. The average Bonchev–Trinajstić information content (AvgIpc) is 2.07. The second-order valence-electron chi connectivity index (χ2n) is 3.79. The Morgan fingerprint density at radius 2 is 1.85 bits per heavy atom. The number of anilines is 1. The predicted molar refractivity (Wildman–Crippen MR) is 62.1 cm³/mol. The molecule has 72 valence electrons. The lowest BCUT2D eigenvalue weighted by Crippen LogP contribution is -1.99. The maximum absolute atomic E-state index is 5.90. The Bertz CT molecular complexity index is 329. The molecule has 0 amide bonds. The number of aryl methyl sites for hydroxylation is 1. The summed E-state index contributed by atoms with van der Waals surface area (Å²) in [5, 5.41) is 0. The molecule has 0 aliphatic carbocycles. The van der Waals surface area contributed by atoms with Gasteiger partial charge in [0.05, 0.1) is 0 Å². The molecule has 1 rings (SSSR count). The molecule has 0 radical (unpaired) electrons. The van der Waals surface area contributed by atoms with Crippen molar-refractivity contribution in [1.29, 1.82) is 0 Å². The van der Waals surface area contributed by atoms with Gasteiger partial charge in [-0.15, -0.1) is 0 Å². The van der Waals surface area contributed by atoms with E-state index in [0.29, 0.717) is 5.92 Å². The Kier molecular flexibility index (Phi) is 3.01. The van der Waals surface area contributed by atoms with E-state index in [1.165, 1.54) is 11.1 Å². The monoisotopic (exact) mass is 241 g/mol. The third-order valence-electron chi connectivity index (χ3n) is 2.42. The van der Waals surface area contributed by atoms with Crippen LogP contribution in [-0.2, 0) is 0 Å². The largest absolute Gasteiger partial charge is 0.398 e. The Morgan fingerprint density at radius 1 is 1.31 bits per heavy atom. The highest BCUT2D eigenvalue weighted by Crippen LogP contribution is 2.32. The fourth-order valence-corrected chi connectivity index (χ4v) is 2.06. The molecule has 0 saturated heterocycles. The van der Waals surface area contributed by atoms with Crippen LogP contribution >= 0.6 is 15.9 Å². The smallest absolute Gasteiger partial charge is 0.0491 e. The molecule has 0 aromatic heterocycles. The van der Waals surface area contributed by atoms with E-state index in [9.17, 15) is 0 Å². The van der Waals surface area contributed by atoms with Gasteiger partial charge in [0.2, 0.25) is 0 Å². The lowest BCUT2D eigenvalue weighted by atomic mass is 9.95. The van der Waals surface area contributed by atoms with Gasteiger partial charge in [0.25, 0.3) is 0 Å². The minimum absolute atomic E-state index is 0.551. The van der Waals surface area contributed by atoms with Crippen molar-refractivity contribution in [2.24, 2.45) is 0 Å². The van der Waals surface area contributed by atoms with Crippen molar-refractivity contribution >= 4 is 21.6 Å². The van der Waals surface area contributed by atoms with E-state index in [1.54, 1.807) is 0 Å². The third kappa shape index (κ3) is 1.88. The quantitative estimate of drug-likeness (QED) is 0.745. The van der Waals surface area contributed by atoms with Crippen molar-refractivity contribution in [2.45, 2.75) is 33.6 Å². The van der Waals surface area contributed by atoms with Crippen LogP contribution in [0, 0.1) is 13.8 Å². The standard InChI is InChI=1S/C11H16BrN/c1-6(2)9-5-7(3)11(13)10(12)8(9)4/h5-6H,13H2,1-4H3. The molecule has 1 aromatic rings. The molecule has 0 spiro atoms. The summed E-state index contributed by atoms with van der Waals surface area (Å²) >= 11 is 3.52. The molecule has 1 aromatic carbocycles. The molecule has 0 atom stereocenters. The van der Waals surface area contributed by atoms with Crippen molar-refractivity contribution in [3.05, 3.63) is 27.2 Å². The molecule has 0 saturated carbocycles. The lowest BCUT2D eigenvalue weighted by Gasteiger charge is -2.15. The molecule has 13 heavy (non-hydrogen) atoms. The maximum atomic E-state index is 5.90. The van der Waals surface area contributed by atoms with Gasteiger partial charge < -0.3 is 5.73 Å². The van der Waals surface area contributed by atoms with Crippen LogP contribution < -0.4 is 5.73 Å². The SMILES string of the molecule is Cc1cc(C(C)C)c(C)c(Br)c1N. The first-order chi connectivity index (χ1) is 5.95. The van der Waals surface area contributed by atoms with Gasteiger partial charge in [-0.05, 0) is 52.4 Å². The van der Waals surface area contributed by atoms with Crippen LogP contribution in [0.4, 0.5) is 5.69 Å². The molecule has 0 unspecified atom stereocenters. The molecule has 0 heterocycles. The zero-order chi connectivity index (χ0) is 10.2. The van der Waals surface area contributed by atoms with Gasteiger partial charge >= 0.3 is 0 Å². The normalized spacial score (nSPS) is 10.9. The first-order valence-electron chi connectivity index (χ1n) is 4.50. The number of hydrogen-bond donors (Lipinski definition) is 1. The van der Waals surface area contributed by atoms with Crippen LogP contribution in [0.3, 0.4) is 0 Å². The summed E-state index contributed by atoms with van der Waals surface area (Å²) < 4.78 is 1.05. The first-order valence-corrected chi connectivity index (χ1v) is 5.29. The van der Waals surface area contributed by atoms with Crippen LogP contribution in [-0.4, -0.2) is 0 Å². The van der Waals surface area contributed by atoms with Gasteiger partial charge in [0.15, 0.2) is 0 Å². The van der Waals surface area contributed by atoms with Gasteiger partial charge in [-0.3, -0.25) is 0 Å². The second-order valence-corrected chi connectivity index (χ2v) is 4.58. The highest BCUT2D eigenvalue weighted by atomic mass is 79.9. The molecule has 1 nitrogen and oxygen atoms in total. The van der Waals surface area contributed by atoms with Crippen molar-refractivity contribution < 1.29 is 0 Å².